The molecule has 16 heavy (non-hydrogen) atoms. The molecular formula is C14H28N2. The molecule has 94 valence electrons. The van der Waals surface area contributed by atoms with Gasteiger partial charge in [-0.3, -0.25) is 0 Å². The zero-order valence-corrected chi connectivity index (χ0v) is 11.0. The second kappa shape index (κ2) is 7.86. The Morgan fingerprint density at radius 3 is 3.06 bits per heavy atom. The van der Waals surface area contributed by atoms with Crippen LogP contribution in [0.1, 0.15) is 39.5 Å². The van der Waals surface area contributed by atoms with Crippen molar-refractivity contribution in [1.82, 2.24) is 10.2 Å². The third kappa shape index (κ3) is 5.66. The minimum Gasteiger partial charge on any atom is -0.313 e. The van der Waals surface area contributed by atoms with E-state index in [-0.39, 0.29) is 0 Å². The van der Waals surface area contributed by atoms with Gasteiger partial charge in [0.05, 0.1) is 0 Å². The van der Waals surface area contributed by atoms with Crippen molar-refractivity contribution < 1.29 is 0 Å². The minimum atomic E-state index is 0.625. The lowest BCUT2D eigenvalue weighted by Gasteiger charge is -2.31. The number of hydrogen-bond donors (Lipinski definition) is 1. The van der Waals surface area contributed by atoms with Gasteiger partial charge in [-0.25, -0.2) is 0 Å². The van der Waals surface area contributed by atoms with Crippen molar-refractivity contribution in [3.63, 3.8) is 0 Å². The summed E-state index contributed by atoms with van der Waals surface area (Å²) < 4.78 is 0. The van der Waals surface area contributed by atoms with Crippen LogP contribution >= 0.6 is 0 Å². The van der Waals surface area contributed by atoms with E-state index in [0.29, 0.717) is 6.04 Å². The van der Waals surface area contributed by atoms with Crippen LogP contribution in [0, 0.1) is 5.92 Å². The lowest BCUT2D eigenvalue weighted by atomic mass is 10.0. The molecule has 0 saturated carbocycles. The number of nitrogens with one attached hydrogen (secondary N) is 1. The van der Waals surface area contributed by atoms with Crippen LogP contribution in [0.3, 0.4) is 0 Å². The number of nitrogens with zero attached hydrogens (tertiary/aromatic N) is 1. The van der Waals surface area contributed by atoms with Crippen LogP contribution in [0.15, 0.2) is 12.7 Å². The molecule has 1 saturated heterocycles. The lowest BCUT2D eigenvalue weighted by molar-refractivity contribution is 0.183. The maximum Gasteiger partial charge on any atom is 0.0107 e. The maximum absolute atomic E-state index is 3.76. The van der Waals surface area contributed by atoms with E-state index in [0.717, 1.165) is 18.9 Å². The highest BCUT2D eigenvalue weighted by molar-refractivity contribution is 4.73. The molecule has 2 heteroatoms. The van der Waals surface area contributed by atoms with Crippen LogP contribution in [0.25, 0.3) is 0 Å². The molecule has 1 aliphatic heterocycles. The van der Waals surface area contributed by atoms with Crippen molar-refractivity contribution in [2.75, 3.05) is 26.2 Å². The van der Waals surface area contributed by atoms with E-state index < -0.39 is 0 Å². The fraction of sp³-hybridized carbons (Fsp3) is 0.857. The first kappa shape index (κ1) is 13.7. The molecule has 1 fully saturated rings. The van der Waals surface area contributed by atoms with E-state index in [4.69, 9.17) is 0 Å². The smallest absolute Gasteiger partial charge is 0.0107 e. The van der Waals surface area contributed by atoms with E-state index in [1.807, 2.05) is 6.08 Å². The standard InChI is InChI=1S/C14H28N2/c1-4-5-8-14(3)15-9-11-16-10-6-7-13(2)12-16/h4,13-15H,1,5-12H2,2-3H3. The Labute approximate surface area is 101 Å². The third-order valence-electron chi connectivity index (χ3n) is 3.47. The Hall–Kier alpha value is -0.340. The first-order chi connectivity index (χ1) is 7.72. The monoisotopic (exact) mass is 224 g/mol. The van der Waals surface area contributed by atoms with Crippen molar-refractivity contribution in [3.8, 4) is 0 Å². The Bertz CT molecular complexity index is 191. The summed E-state index contributed by atoms with van der Waals surface area (Å²) in [5, 5.41) is 3.59. The molecule has 2 nitrogen and oxygen atoms in total. The van der Waals surface area contributed by atoms with Gasteiger partial charge in [-0.15, -0.1) is 6.58 Å². The van der Waals surface area contributed by atoms with Gasteiger partial charge in [0, 0.05) is 25.7 Å². The van der Waals surface area contributed by atoms with Gasteiger partial charge in [0.15, 0.2) is 0 Å². The molecule has 0 radical (unpaired) electrons. The number of likely N-dealkylation sites (tertiary alicyclic amines) is 1. The summed E-state index contributed by atoms with van der Waals surface area (Å²) in [7, 11) is 0. The molecule has 0 amide bonds. The predicted octanol–water partition coefficient (Wildman–Crippen LogP) is 2.66. The van der Waals surface area contributed by atoms with Gasteiger partial charge in [0.2, 0.25) is 0 Å². The summed E-state index contributed by atoms with van der Waals surface area (Å²) >= 11 is 0. The van der Waals surface area contributed by atoms with Gasteiger partial charge in [-0.2, -0.15) is 0 Å². The van der Waals surface area contributed by atoms with Crippen LogP contribution < -0.4 is 5.32 Å². The Morgan fingerprint density at radius 1 is 1.56 bits per heavy atom. The van der Waals surface area contributed by atoms with Gasteiger partial charge in [0.25, 0.3) is 0 Å². The molecule has 1 heterocycles. The van der Waals surface area contributed by atoms with Crippen molar-refractivity contribution in [1.29, 1.82) is 0 Å². The molecule has 1 N–H and O–H groups in total. The molecule has 1 rings (SSSR count). The van der Waals surface area contributed by atoms with E-state index >= 15 is 0 Å². The molecule has 0 aromatic carbocycles. The van der Waals surface area contributed by atoms with Gasteiger partial charge < -0.3 is 10.2 Å². The lowest BCUT2D eigenvalue weighted by Crippen LogP contribution is -2.40. The second-order valence-corrected chi connectivity index (χ2v) is 5.27. The van der Waals surface area contributed by atoms with Crippen molar-refractivity contribution in [2.24, 2.45) is 5.92 Å². The molecule has 0 aromatic heterocycles. The highest BCUT2D eigenvalue weighted by atomic mass is 15.1. The molecular weight excluding hydrogens is 196 g/mol. The first-order valence-corrected chi connectivity index (χ1v) is 6.79. The first-order valence-electron chi connectivity index (χ1n) is 6.79. The molecule has 0 bridgehead atoms. The van der Waals surface area contributed by atoms with Crippen LogP contribution in [-0.2, 0) is 0 Å². The quantitative estimate of drug-likeness (QED) is 0.669. The van der Waals surface area contributed by atoms with Gasteiger partial charge >= 0.3 is 0 Å². The minimum absolute atomic E-state index is 0.625. The molecule has 0 spiro atoms. The van der Waals surface area contributed by atoms with Crippen LogP contribution in [0.4, 0.5) is 0 Å². The van der Waals surface area contributed by atoms with E-state index in [1.54, 1.807) is 0 Å². The summed E-state index contributed by atoms with van der Waals surface area (Å²) in [5.74, 6) is 0.895. The van der Waals surface area contributed by atoms with Crippen LogP contribution in [0.2, 0.25) is 0 Å². The number of allylic oxidation sites excluding steroid dienone is 1. The average Bonchev–Trinajstić information content (AvgIpc) is 2.26. The predicted molar refractivity (Wildman–Crippen MR) is 71.7 cm³/mol. The molecule has 0 aliphatic carbocycles. The molecule has 2 unspecified atom stereocenters. The zero-order valence-electron chi connectivity index (χ0n) is 11.0. The van der Waals surface area contributed by atoms with E-state index in [1.165, 1.54) is 38.9 Å². The SMILES string of the molecule is C=CCCC(C)NCCN1CCCC(C)C1. The van der Waals surface area contributed by atoms with Gasteiger partial charge in [0.1, 0.15) is 0 Å². The zero-order chi connectivity index (χ0) is 11.8. The van der Waals surface area contributed by atoms with Crippen LogP contribution in [-0.4, -0.2) is 37.1 Å². The van der Waals surface area contributed by atoms with Crippen molar-refractivity contribution >= 4 is 0 Å². The highest BCUT2D eigenvalue weighted by Gasteiger charge is 2.15. The second-order valence-electron chi connectivity index (χ2n) is 5.27. The molecule has 0 aromatic rings. The summed E-state index contributed by atoms with van der Waals surface area (Å²) in [6, 6.07) is 0.625. The molecule has 2 atom stereocenters. The Kier molecular flexibility index (Phi) is 6.74. The fourth-order valence-corrected chi connectivity index (χ4v) is 2.43. The molecule has 1 aliphatic rings. The normalized spacial score (nSPS) is 24.2. The summed E-state index contributed by atoms with van der Waals surface area (Å²) in [4.78, 5) is 2.60. The fourth-order valence-electron chi connectivity index (χ4n) is 2.43. The number of piperidine rings is 1. The summed E-state index contributed by atoms with van der Waals surface area (Å²) in [6.07, 6.45) is 7.13. The Balaban J connectivity index is 2.03. The summed E-state index contributed by atoms with van der Waals surface area (Å²) in [5.41, 5.74) is 0. The third-order valence-corrected chi connectivity index (χ3v) is 3.47. The maximum atomic E-state index is 3.76. The summed E-state index contributed by atoms with van der Waals surface area (Å²) in [6.45, 7) is 13.3. The van der Waals surface area contributed by atoms with Gasteiger partial charge in [-0.05, 0) is 45.1 Å². The Morgan fingerprint density at radius 2 is 2.38 bits per heavy atom. The number of hydrogen-bond acceptors (Lipinski definition) is 2. The van der Waals surface area contributed by atoms with Crippen molar-refractivity contribution in [2.45, 2.75) is 45.6 Å². The van der Waals surface area contributed by atoms with Crippen LogP contribution in [0.5, 0.6) is 0 Å². The largest absolute Gasteiger partial charge is 0.313 e. The topological polar surface area (TPSA) is 15.3 Å². The van der Waals surface area contributed by atoms with E-state index in [2.05, 4.69) is 30.6 Å². The van der Waals surface area contributed by atoms with Crippen molar-refractivity contribution in [3.05, 3.63) is 12.7 Å². The average molecular weight is 224 g/mol. The highest BCUT2D eigenvalue weighted by Crippen LogP contribution is 2.14. The number of rotatable bonds is 7. The van der Waals surface area contributed by atoms with Gasteiger partial charge in [-0.1, -0.05) is 13.0 Å². The van der Waals surface area contributed by atoms with E-state index in [9.17, 15) is 0 Å².